The van der Waals surface area contributed by atoms with Crippen LogP contribution in [0.2, 0.25) is 0 Å². The van der Waals surface area contributed by atoms with Gasteiger partial charge in [-0.2, -0.15) is 15.3 Å². The molecule has 0 saturated carbocycles. The summed E-state index contributed by atoms with van der Waals surface area (Å²) in [7, 11) is -3.15. The monoisotopic (exact) mass is 561 g/mol. The van der Waals surface area contributed by atoms with Crippen LogP contribution in [-0.4, -0.2) is 70.0 Å². The summed E-state index contributed by atoms with van der Waals surface area (Å²) >= 11 is 0. The minimum absolute atomic E-state index is 0.0240. The van der Waals surface area contributed by atoms with E-state index in [1.165, 1.54) is 0 Å². The van der Waals surface area contributed by atoms with E-state index in [9.17, 15) is 8.42 Å². The van der Waals surface area contributed by atoms with Gasteiger partial charge in [0.25, 0.3) is 0 Å². The van der Waals surface area contributed by atoms with Crippen LogP contribution in [0.15, 0.2) is 42.7 Å². The van der Waals surface area contributed by atoms with Crippen molar-refractivity contribution in [2.24, 2.45) is 5.41 Å². The standard InChI is InChI=1S/C29H35N7O3S/c1-5-40(37,38)36-12-6-11-29(18-36)16-35(17-29)26-10-7-22(15-30-26)28-24-13-23(8-9-25(24)33-34-28)39-21(4)27-19(2)14-31-32-20(27)3/h7-10,13-15,21H,5-6,11-12,16-18H2,1-4H3,(H,33,34). The van der Waals surface area contributed by atoms with Gasteiger partial charge in [-0.15, -0.1) is 0 Å². The zero-order valence-corrected chi connectivity index (χ0v) is 24.2. The van der Waals surface area contributed by atoms with Crippen LogP contribution in [0, 0.1) is 19.3 Å². The number of ether oxygens (including phenoxy) is 1. The number of anilines is 1. The van der Waals surface area contributed by atoms with Crippen molar-refractivity contribution < 1.29 is 13.2 Å². The highest BCUT2D eigenvalue weighted by molar-refractivity contribution is 7.89. The number of hydrogen-bond acceptors (Lipinski definition) is 8. The smallest absolute Gasteiger partial charge is 0.213 e. The average Bonchev–Trinajstić information content (AvgIpc) is 3.35. The van der Waals surface area contributed by atoms with Crippen LogP contribution in [0.4, 0.5) is 5.82 Å². The number of piperidine rings is 1. The van der Waals surface area contributed by atoms with Gasteiger partial charge in [0.1, 0.15) is 23.4 Å². The van der Waals surface area contributed by atoms with Gasteiger partial charge >= 0.3 is 0 Å². The molecular formula is C29H35N7O3S. The number of hydrogen-bond donors (Lipinski definition) is 1. The Morgan fingerprint density at radius 3 is 2.67 bits per heavy atom. The zero-order chi connectivity index (χ0) is 28.1. The molecule has 1 unspecified atom stereocenters. The topological polar surface area (TPSA) is 117 Å². The van der Waals surface area contributed by atoms with Gasteiger partial charge in [0, 0.05) is 54.3 Å². The fourth-order valence-corrected chi connectivity index (χ4v) is 7.50. The molecule has 0 amide bonds. The highest BCUT2D eigenvalue weighted by Crippen LogP contribution is 2.42. The fourth-order valence-electron chi connectivity index (χ4n) is 6.25. The molecule has 10 nitrogen and oxygen atoms in total. The third-order valence-corrected chi connectivity index (χ3v) is 10.1. The van der Waals surface area contributed by atoms with E-state index in [4.69, 9.17) is 9.72 Å². The zero-order valence-electron chi connectivity index (χ0n) is 23.4. The lowest BCUT2D eigenvalue weighted by Gasteiger charge is -2.54. The Morgan fingerprint density at radius 1 is 1.12 bits per heavy atom. The third-order valence-electron chi connectivity index (χ3n) is 8.31. The first-order valence-corrected chi connectivity index (χ1v) is 15.4. The lowest BCUT2D eigenvalue weighted by molar-refractivity contribution is 0.108. The number of rotatable bonds is 7. The van der Waals surface area contributed by atoms with Gasteiger partial charge in [-0.3, -0.25) is 5.10 Å². The number of fused-ring (bicyclic) bond motifs is 1. The van der Waals surface area contributed by atoms with Gasteiger partial charge in [-0.25, -0.2) is 17.7 Å². The maximum absolute atomic E-state index is 12.4. The Kier molecular flexibility index (Phi) is 6.74. The summed E-state index contributed by atoms with van der Waals surface area (Å²) in [4.78, 5) is 6.99. The molecule has 210 valence electrons. The molecule has 2 fully saturated rings. The summed E-state index contributed by atoms with van der Waals surface area (Å²) in [5, 5.41) is 16.9. The molecule has 2 saturated heterocycles. The second-order valence-electron chi connectivity index (χ2n) is 11.2. The summed E-state index contributed by atoms with van der Waals surface area (Å²) in [5.74, 6) is 1.81. The van der Waals surface area contributed by atoms with E-state index < -0.39 is 10.0 Å². The molecule has 6 rings (SSSR count). The molecule has 1 atom stereocenters. The van der Waals surface area contributed by atoms with Crippen LogP contribution in [0.3, 0.4) is 0 Å². The molecule has 1 aromatic carbocycles. The van der Waals surface area contributed by atoms with E-state index >= 15 is 0 Å². The molecule has 2 aliphatic heterocycles. The Labute approximate surface area is 234 Å². The first kappa shape index (κ1) is 26.6. The molecule has 1 spiro atoms. The van der Waals surface area contributed by atoms with Crippen molar-refractivity contribution >= 4 is 26.7 Å². The van der Waals surface area contributed by atoms with Crippen LogP contribution < -0.4 is 9.64 Å². The van der Waals surface area contributed by atoms with Crippen LogP contribution >= 0.6 is 0 Å². The molecule has 3 aromatic heterocycles. The summed E-state index contributed by atoms with van der Waals surface area (Å²) in [6.07, 6.45) is 5.40. The Morgan fingerprint density at radius 2 is 1.95 bits per heavy atom. The van der Waals surface area contributed by atoms with Crippen molar-refractivity contribution in [1.29, 1.82) is 0 Å². The highest BCUT2D eigenvalue weighted by atomic mass is 32.2. The first-order chi connectivity index (χ1) is 19.2. The van der Waals surface area contributed by atoms with Crippen LogP contribution in [0.1, 0.15) is 49.6 Å². The van der Waals surface area contributed by atoms with Crippen molar-refractivity contribution in [1.82, 2.24) is 29.7 Å². The Balaban J connectivity index is 1.17. The molecule has 11 heteroatoms. The number of nitrogens with one attached hydrogen (secondary N) is 1. The lowest BCUT2D eigenvalue weighted by Crippen LogP contribution is -2.64. The van der Waals surface area contributed by atoms with Crippen LogP contribution in [-0.2, 0) is 10.0 Å². The quantitative estimate of drug-likeness (QED) is 0.352. The van der Waals surface area contributed by atoms with E-state index in [-0.39, 0.29) is 17.3 Å². The van der Waals surface area contributed by atoms with E-state index in [0.29, 0.717) is 13.1 Å². The number of benzene rings is 1. The molecule has 1 N–H and O–H groups in total. The maximum atomic E-state index is 12.4. The first-order valence-electron chi connectivity index (χ1n) is 13.8. The number of aryl methyl sites for hydroxylation is 2. The predicted molar refractivity (Wildman–Crippen MR) is 155 cm³/mol. The molecule has 0 aliphatic carbocycles. The summed E-state index contributed by atoms with van der Waals surface area (Å²) in [6, 6.07) is 10.0. The number of H-pyrrole nitrogens is 1. The minimum atomic E-state index is -3.15. The van der Waals surface area contributed by atoms with Gasteiger partial charge < -0.3 is 9.64 Å². The number of nitrogens with zero attached hydrogens (tertiary/aromatic N) is 6. The average molecular weight is 562 g/mol. The number of aromatic nitrogens is 5. The van der Waals surface area contributed by atoms with Gasteiger partial charge in [-0.05, 0) is 76.4 Å². The van der Waals surface area contributed by atoms with Gasteiger partial charge in [-0.1, -0.05) is 0 Å². The Bertz CT molecular complexity index is 1630. The van der Waals surface area contributed by atoms with Crippen molar-refractivity contribution in [3.05, 3.63) is 59.5 Å². The molecule has 0 bridgehead atoms. The molecule has 4 aromatic rings. The van der Waals surface area contributed by atoms with Gasteiger partial charge in [0.05, 0.1) is 23.2 Å². The summed E-state index contributed by atoms with van der Waals surface area (Å²) in [5.41, 5.74) is 5.64. The largest absolute Gasteiger partial charge is 0.486 e. The number of aromatic amines is 1. The molecule has 0 radical (unpaired) electrons. The maximum Gasteiger partial charge on any atom is 0.213 e. The van der Waals surface area contributed by atoms with Gasteiger partial charge in [0.2, 0.25) is 10.0 Å². The number of sulfonamides is 1. The van der Waals surface area contributed by atoms with Crippen molar-refractivity contribution in [2.45, 2.75) is 46.6 Å². The molecular weight excluding hydrogens is 526 g/mol. The SMILES string of the molecule is CCS(=O)(=O)N1CCCC2(CN(c3ccc(-c4n[nH]c5ccc(OC(C)c6c(C)cnnc6C)cc45)cn3)C2)C1. The van der Waals surface area contributed by atoms with Crippen LogP contribution in [0.5, 0.6) is 5.75 Å². The second kappa shape index (κ2) is 10.1. The highest BCUT2D eigenvalue weighted by Gasteiger charge is 2.48. The lowest BCUT2D eigenvalue weighted by atomic mass is 9.74. The van der Waals surface area contributed by atoms with E-state index in [1.807, 2.05) is 57.3 Å². The van der Waals surface area contributed by atoms with E-state index in [1.54, 1.807) is 17.4 Å². The minimum Gasteiger partial charge on any atom is -0.486 e. The van der Waals surface area contributed by atoms with Crippen LogP contribution in [0.25, 0.3) is 22.2 Å². The Hall–Kier alpha value is -3.57. The van der Waals surface area contributed by atoms with E-state index in [2.05, 4.69) is 25.3 Å². The normalized spacial score (nSPS) is 18.1. The second-order valence-corrected chi connectivity index (χ2v) is 13.4. The number of pyridine rings is 1. The molecule has 5 heterocycles. The summed E-state index contributed by atoms with van der Waals surface area (Å²) < 4.78 is 32.8. The fraction of sp³-hybridized carbons (Fsp3) is 0.448. The van der Waals surface area contributed by atoms with Crippen molar-refractivity contribution in [2.75, 3.05) is 36.8 Å². The van der Waals surface area contributed by atoms with Gasteiger partial charge in [0.15, 0.2) is 0 Å². The molecule has 40 heavy (non-hydrogen) atoms. The van der Waals surface area contributed by atoms with Crippen molar-refractivity contribution in [3.63, 3.8) is 0 Å². The van der Waals surface area contributed by atoms with Crippen molar-refractivity contribution in [3.8, 4) is 17.0 Å². The third kappa shape index (κ3) is 4.81. The predicted octanol–water partition coefficient (Wildman–Crippen LogP) is 4.42. The summed E-state index contributed by atoms with van der Waals surface area (Å²) in [6.45, 7) is 10.6. The van der Waals surface area contributed by atoms with E-state index in [0.717, 1.165) is 76.5 Å². The molecule has 2 aliphatic rings.